The first kappa shape index (κ1) is 19.2. The summed E-state index contributed by atoms with van der Waals surface area (Å²) in [4.78, 5) is 14.3. The summed E-state index contributed by atoms with van der Waals surface area (Å²) in [5.74, 6) is -0.00305. The summed E-state index contributed by atoms with van der Waals surface area (Å²) in [6.07, 6.45) is 5.93. The zero-order chi connectivity index (χ0) is 19.4. The summed E-state index contributed by atoms with van der Waals surface area (Å²) in [6.45, 7) is 4.20. The van der Waals surface area contributed by atoms with Gasteiger partial charge in [0.05, 0.1) is 25.3 Å². The van der Waals surface area contributed by atoms with Crippen molar-refractivity contribution in [3.8, 4) is 11.3 Å². The maximum Gasteiger partial charge on any atom is 0.287 e. The normalized spacial score (nSPS) is 20.0. The number of carbonyl (C=O) groups excluding carboxylic acids is 1. The Labute approximate surface area is 164 Å². The second-order valence-electron chi connectivity index (χ2n) is 7.88. The van der Waals surface area contributed by atoms with Crippen LogP contribution in [0.2, 0.25) is 0 Å². The van der Waals surface area contributed by atoms with Crippen LogP contribution in [0, 0.1) is 5.82 Å². The summed E-state index contributed by atoms with van der Waals surface area (Å²) in [5.41, 5.74) is 0.446. The number of ether oxygens (including phenoxy) is 1. The van der Waals surface area contributed by atoms with Crippen molar-refractivity contribution in [3.63, 3.8) is 0 Å². The molecule has 1 amide bonds. The van der Waals surface area contributed by atoms with Crippen LogP contribution in [0.15, 0.2) is 40.8 Å². The molecule has 1 aliphatic carbocycles. The maximum atomic E-state index is 14.0. The van der Waals surface area contributed by atoms with Crippen LogP contribution in [0.1, 0.15) is 42.7 Å². The Balaban J connectivity index is 1.45. The van der Waals surface area contributed by atoms with Gasteiger partial charge in [-0.05, 0) is 37.1 Å². The van der Waals surface area contributed by atoms with Crippen LogP contribution in [-0.2, 0) is 4.74 Å². The molecule has 2 N–H and O–H groups in total. The summed E-state index contributed by atoms with van der Waals surface area (Å²) >= 11 is 0. The van der Waals surface area contributed by atoms with Crippen LogP contribution in [0.25, 0.3) is 11.3 Å². The fraction of sp³-hybridized carbons (Fsp3) is 0.500. The molecule has 2 aliphatic rings. The van der Waals surface area contributed by atoms with Crippen LogP contribution in [0.5, 0.6) is 0 Å². The van der Waals surface area contributed by atoms with E-state index in [2.05, 4.69) is 5.32 Å². The zero-order valence-corrected chi connectivity index (χ0v) is 16.1. The number of hydrogen-bond donors (Lipinski definition) is 2. The highest BCUT2D eigenvalue weighted by molar-refractivity contribution is 5.92. The number of halogens is 1. The number of quaternary nitrogens is 1. The summed E-state index contributed by atoms with van der Waals surface area (Å²) in [5, 5.41) is 3.10. The molecule has 28 heavy (non-hydrogen) atoms. The molecule has 2 fully saturated rings. The second-order valence-corrected chi connectivity index (χ2v) is 7.88. The molecule has 0 spiro atoms. The zero-order valence-electron chi connectivity index (χ0n) is 16.1. The van der Waals surface area contributed by atoms with Gasteiger partial charge in [-0.3, -0.25) is 4.79 Å². The van der Waals surface area contributed by atoms with E-state index in [1.54, 1.807) is 35.2 Å². The molecule has 1 aromatic heterocycles. The average Bonchev–Trinajstić information content (AvgIpc) is 3.24. The van der Waals surface area contributed by atoms with Crippen molar-refractivity contribution in [2.45, 2.75) is 37.6 Å². The minimum Gasteiger partial charge on any atom is -0.451 e. The number of benzene rings is 1. The summed E-state index contributed by atoms with van der Waals surface area (Å²) in [7, 11) is 0. The highest BCUT2D eigenvalue weighted by atomic mass is 19.1. The third kappa shape index (κ3) is 3.98. The van der Waals surface area contributed by atoms with Crippen molar-refractivity contribution < 1.29 is 23.2 Å². The van der Waals surface area contributed by atoms with Gasteiger partial charge >= 0.3 is 0 Å². The monoisotopic (exact) mass is 387 g/mol. The van der Waals surface area contributed by atoms with Gasteiger partial charge < -0.3 is 19.4 Å². The molecule has 0 radical (unpaired) electrons. The van der Waals surface area contributed by atoms with E-state index < -0.39 is 0 Å². The van der Waals surface area contributed by atoms with Crippen LogP contribution in [0.3, 0.4) is 0 Å². The van der Waals surface area contributed by atoms with Crippen molar-refractivity contribution >= 4 is 5.91 Å². The van der Waals surface area contributed by atoms with Crippen LogP contribution >= 0.6 is 0 Å². The van der Waals surface area contributed by atoms with Gasteiger partial charge in [0.2, 0.25) is 0 Å². The number of rotatable bonds is 5. The quantitative estimate of drug-likeness (QED) is 0.829. The van der Waals surface area contributed by atoms with Gasteiger partial charge in [0, 0.05) is 12.8 Å². The lowest BCUT2D eigenvalue weighted by Gasteiger charge is -2.44. The summed E-state index contributed by atoms with van der Waals surface area (Å²) in [6, 6.07) is 9.68. The SMILES string of the molecule is O=C(NCC1([NH+]2CCOCC2)CCCCC1)c1ccc(-c2ccccc2F)o1. The molecule has 0 unspecified atom stereocenters. The lowest BCUT2D eigenvalue weighted by molar-refractivity contribution is -0.960. The van der Waals surface area contributed by atoms with Gasteiger partial charge in [-0.1, -0.05) is 18.6 Å². The maximum absolute atomic E-state index is 14.0. The van der Waals surface area contributed by atoms with Gasteiger partial charge in [-0.2, -0.15) is 0 Å². The largest absolute Gasteiger partial charge is 0.451 e. The molecule has 2 heterocycles. The second kappa shape index (κ2) is 8.45. The molecule has 6 heteroatoms. The Kier molecular flexibility index (Phi) is 5.78. The topological polar surface area (TPSA) is 55.9 Å². The van der Waals surface area contributed by atoms with Crippen LogP contribution < -0.4 is 10.2 Å². The van der Waals surface area contributed by atoms with Gasteiger partial charge in [0.25, 0.3) is 5.91 Å². The molecule has 0 bridgehead atoms. The van der Waals surface area contributed by atoms with Crippen LogP contribution in [0.4, 0.5) is 4.39 Å². The van der Waals surface area contributed by atoms with Gasteiger partial charge in [0.15, 0.2) is 5.76 Å². The van der Waals surface area contributed by atoms with E-state index in [9.17, 15) is 9.18 Å². The highest BCUT2D eigenvalue weighted by Crippen LogP contribution is 2.27. The van der Waals surface area contributed by atoms with Crippen molar-refractivity contribution in [2.24, 2.45) is 0 Å². The van der Waals surface area contributed by atoms with Gasteiger partial charge in [0.1, 0.15) is 30.2 Å². The minimum absolute atomic E-state index is 0.0820. The first-order chi connectivity index (χ1) is 13.7. The number of furan rings is 1. The molecule has 1 aromatic carbocycles. The van der Waals surface area contributed by atoms with Gasteiger partial charge in [-0.15, -0.1) is 0 Å². The predicted molar refractivity (Wildman–Crippen MR) is 104 cm³/mol. The Hall–Kier alpha value is -2.18. The fourth-order valence-electron chi connectivity index (χ4n) is 4.63. The Morgan fingerprint density at radius 1 is 1.07 bits per heavy atom. The number of morpholine rings is 1. The van der Waals surface area contributed by atoms with E-state index in [0.717, 1.165) is 39.1 Å². The van der Waals surface area contributed by atoms with Crippen molar-refractivity contribution in [1.29, 1.82) is 0 Å². The lowest BCUT2D eigenvalue weighted by Crippen LogP contribution is -3.23. The number of nitrogens with one attached hydrogen (secondary N) is 2. The predicted octanol–water partition coefficient (Wildman–Crippen LogP) is 2.43. The third-order valence-electron chi connectivity index (χ3n) is 6.21. The van der Waals surface area contributed by atoms with E-state index in [-0.39, 0.29) is 23.0 Å². The Morgan fingerprint density at radius 2 is 1.82 bits per heavy atom. The van der Waals surface area contributed by atoms with Crippen molar-refractivity contribution in [2.75, 3.05) is 32.8 Å². The number of carbonyl (C=O) groups is 1. The van der Waals surface area contributed by atoms with Crippen molar-refractivity contribution in [1.82, 2.24) is 5.32 Å². The fourth-order valence-corrected chi connectivity index (χ4v) is 4.63. The van der Waals surface area contributed by atoms with Crippen molar-refractivity contribution in [3.05, 3.63) is 48.0 Å². The third-order valence-corrected chi connectivity index (χ3v) is 6.21. The molecule has 2 aromatic rings. The minimum atomic E-state index is -0.360. The molecule has 5 nitrogen and oxygen atoms in total. The molecule has 1 saturated heterocycles. The van der Waals surface area contributed by atoms with E-state index in [0.29, 0.717) is 17.9 Å². The average molecular weight is 387 g/mol. The number of hydrogen-bond acceptors (Lipinski definition) is 3. The molecular formula is C22H28FN2O3+. The Bertz CT molecular complexity index is 808. The van der Waals surface area contributed by atoms with E-state index in [1.165, 1.54) is 25.3 Å². The van der Waals surface area contributed by atoms with Gasteiger partial charge in [-0.25, -0.2) is 4.39 Å². The van der Waals surface area contributed by atoms with E-state index >= 15 is 0 Å². The molecule has 0 atom stereocenters. The Morgan fingerprint density at radius 3 is 2.57 bits per heavy atom. The van der Waals surface area contributed by atoms with Crippen LogP contribution in [-0.4, -0.2) is 44.3 Å². The highest BCUT2D eigenvalue weighted by Gasteiger charge is 2.42. The number of amides is 1. The summed E-state index contributed by atoms with van der Waals surface area (Å²) < 4.78 is 25.1. The molecular weight excluding hydrogens is 359 g/mol. The lowest BCUT2D eigenvalue weighted by atomic mass is 9.79. The molecule has 1 saturated carbocycles. The standard InChI is InChI=1S/C22H27FN2O3/c23-18-7-3-2-6-17(18)19-8-9-20(28-19)21(26)24-16-22(10-4-1-5-11-22)25-12-14-27-15-13-25/h2-3,6-9H,1,4-5,10-16H2,(H,24,26)/p+1. The molecule has 1 aliphatic heterocycles. The molecule has 150 valence electrons. The molecule has 4 rings (SSSR count). The van der Waals surface area contributed by atoms with E-state index in [4.69, 9.17) is 9.15 Å². The first-order valence-corrected chi connectivity index (χ1v) is 10.2. The van der Waals surface area contributed by atoms with E-state index in [1.807, 2.05) is 0 Å². The smallest absolute Gasteiger partial charge is 0.287 e. The first-order valence-electron chi connectivity index (χ1n) is 10.2.